The molecule has 2 amide bonds. The zero-order chi connectivity index (χ0) is 13.1. The molecule has 0 saturated carbocycles. The highest BCUT2D eigenvalue weighted by Gasteiger charge is 2.26. The minimum atomic E-state index is 0.0826. The van der Waals surface area contributed by atoms with Crippen molar-refractivity contribution in [3.63, 3.8) is 0 Å². The Bertz CT molecular complexity index is 431. The van der Waals surface area contributed by atoms with Crippen molar-refractivity contribution in [2.75, 3.05) is 25.0 Å². The molecule has 0 aliphatic carbocycles. The van der Waals surface area contributed by atoms with Gasteiger partial charge >= 0.3 is 6.03 Å². The second kappa shape index (κ2) is 5.40. The van der Waals surface area contributed by atoms with Crippen LogP contribution in [0.25, 0.3) is 0 Å². The lowest BCUT2D eigenvalue weighted by molar-refractivity contribution is 0.210. The minimum absolute atomic E-state index is 0.0826. The number of urea groups is 1. The summed E-state index contributed by atoms with van der Waals surface area (Å²) in [7, 11) is 1.85. The van der Waals surface area contributed by atoms with Crippen LogP contribution in [0.15, 0.2) is 24.3 Å². The zero-order valence-corrected chi connectivity index (χ0v) is 11.3. The van der Waals surface area contributed by atoms with Gasteiger partial charge in [-0.05, 0) is 11.6 Å². The monoisotopic (exact) mass is 247 g/mol. The van der Waals surface area contributed by atoms with Gasteiger partial charge in [0.15, 0.2) is 0 Å². The van der Waals surface area contributed by atoms with E-state index in [9.17, 15) is 4.79 Å². The molecule has 4 heteroatoms. The van der Waals surface area contributed by atoms with Crippen LogP contribution in [0.2, 0.25) is 0 Å². The lowest BCUT2D eigenvalue weighted by atomic mass is 10.1. The van der Waals surface area contributed by atoms with Crippen molar-refractivity contribution in [2.24, 2.45) is 0 Å². The highest BCUT2D eigenvalue weighted by Crippen LogP contribution is 2.27. The average molecular weight is 247 g/mol. The third-order valence-electron chi connectivity index (χ3n) is 3.14. The molecule has 18 heavy (non-hydrogen) atoms. The molecule has 1 aromatic carbocycles. The molecule has 1 aliphatic rings. The van der Waals surface area contributed by atoms with Gasteiger partial charge in [-0.1, -0.05) is 32.0 Å². The molecule has 0 fully saturated rings. The maximum absolute atomic E-state index is 12.2. The lowest BCUT2D eigenvalue weighted by Crippen LogP contribution is -2.48. The van der Waals surface area contributed by atoms with Gasteiger partial charge in [0.2, 0.25) is 0 Å². The zero-order valence-electron chi connectivity index (χ0n) is 11.3. The number of carbonyl (C=O) groups is 1. The van der Waals surface area contributed by atoms with Crippen molar-refractivity contribution < 1.29 is 4.79 Å². The topological polar surface area (TPSA) is 35.6 Å². The van der Waals surface area contributed by atoms with Crippen LogP contribution in [0.5, 0.6) is 0 Å². The molecule has 0 saturated heterocycles. The van der Waals surface area contributed by atoms with Gasteiger partial charge in [0.1, 0.15) is 0 Å². The summed E-state index contributed by atoms with van der Waals surface area (Å²) in [6.45, 7) is 6.43. The standard InChI is InChI=1S/C14H21N3O/c1-11(2)15-8-9-17-13-7-5-4-6-12(13)10-16(3)14(17)18/h4-7,11,15H,8-10H2,1-3H3. The lowest BCUT2D eigenvalue weighted by Gasteiger charge is -2.35. The van der Waals surface area contributed by atoms with E-state index in [2.05, 4.69) is 25.2 Å². The van der Waals surface area contributed by atoms with E-state index in [4.69, 9.17) is 0 Å². The highest BCUT2D eigenvalue weighted by atomic mass is 16.2. The Hall–Kier alpha value is -1.55. The van der Waals surface area contributed by atoms with E-state index in [-0.39, 0.29) is 6.03 Å². The third-order valence-corrected chi connectivity index (χ3v) is 3.14. The second-order valence-corrected chi connectivity index (χ2v) is 5.03. The Balaban J connectivity index is 2.14. The fourth-order valence-electron chi connectivity index (χ4n) is 2.22. The van der Waals surface area contributed by atoms with Gasteiger partial charge in [-0.25, -0.2) is 4.79 Å². The number of nitrogens with one attached hydrogen (secondary N) is 1. The number of carbonyl (C=O) groups excluding carboxylic acids is 1. The number of nitrogens with zero attached hydrogens (tertiary/aromatic N) is 2. The van der Waals surface area contributed by atoms with Crippen molar-refractivity contribution in [1.29, 1.82) is 0 Å². The highest BCUT2D eigenvalue weighted by molar-refractivity contribution is 5.94. The Morgan fingerprint density at radius 2 is 2.06 bits per heavy atom. The number of hydrogen-bond donors (Lipinski definition) is 1. The smallest absolute Gasteiger partial charge is 0.323 e. The number of rotatable bonds is 4. The molecule has 1 N–H and O–H groups in total. The van der Waals surface area contributed by atoms with Gasteiger partial charge in [0.05, 0.1) is 5.69 Å². The van der Waals surface area contributed by atoms with Crippen molar-refractivity contribution in [2.45, 2.75) is 26.4 Å². The molecule has 4 nitrogen and oxygen atoms in total. The summed E-state index contributed by atoms with van der Waals surface area (Å²) in [4.78, 5) is 15.8. The van der Waals surface area contributed by atoms with E-state index in [0.717, 1.165) is 12.2 Å². The SMILES string of the molecule is CC(C)NCCN1C(=O)N(C)Cc2ccccc21. The Morgan fingerprint density at radius 1 is 1.33 bits per heavy atom. The van der Waals surface area contributed by atoms with E-state index in [1.54, 1.807) is 4.90 Å². The van der Waals surface area contributed by atoms with Crippen LogP contribution in [-0.4, -0.2) is 37.1 Å². The first-order valence-electron chi connectivity index (χ1n) is 6.43. The number of hydrogen-bond acceptors (Lipinski definition) is 2. The molecule has 0 aromatic heterocycles. The van der Waals surface area contributed by atoms with E-state index < -0.39 is 0 Å². The first-order chi connectivity index (χ1) is 8.59. The summed E-state index contributed by atoms with van der Waals surface area (Å²) >= 11 is 0. The van der Waals surface area contributed by atoms with Gasteiger partial charge < -0.3 is 10.2 Å². The third kappa shape index (κ3) is 2.64. The first-order valence-corrected chi connectivity index (χ1v) is 6.43. The molecular formula is C14H21N3O. The van der Waals surface area contributed by atoms with Gasteiger partial charge in [0.25, 0.3) is 0 Å². The number of fused-ring (bicyclic) bond motifs is 1. The quantitative estimate of drug-likeness (QED) is 0.884. The molecule has 0 bridgehead atoms. The maximum atomic E-state index is 12.2. The normalized spacial score (nSPS) is 15.2. The molecule has 0 radical (unpaired) electrons. The summed E-state index contributed by atoms with van der Waals surface area (Å²) in [5, 5.41) is 3.35. The Morgan fingerprint density at radius 3 is 2.78 bits per heavy atom. The summed E-state index contributed by atoms with van der Waals surface area (Å²) in [6.07, 6.45) is 0. The van der Waals surface area contributed by atoms with Crippen molar-refractivity contribution in [3.8, 4) is 0 Å². The molecule has 1 aliphatic heterocycles. The predicted molar refractivity (Wildman–Crippen MR) is 73.8 cm³/mol. The van der Waals surface area contributed by atoms with Crippen LogP contribution in [0.1, 0.15) is 19.4 Å². The fraction of sp³-hybridized carbons (Fsp3) is 0.500. The fourth-order valence-corrected chi connectivity index (χ4v) is 2.22. The molecule has 98 valence electrons. The van der Waals surface area contributed by atoms with Crippen molar-refractivity contribution in [1.82, 2.24) is 10.2 Å². The molecule has 1 heterocycles. The molecule has 2 rings (SSSR count). The van der Waals surface area contributed by atoms with Crippen LogP contribution >= 0.6 is 0 Å². The predicted octanol–water partition coefficient (Wildman–Crippen LogP) is 2.06. The van der Waals surface area contributed by atoms with Gasteiger partial charge in [-0.3, -0.25) is 4.90 Å². The second-order valence-electron chi connectivity index (χ2n) is 5.03. The Kier molecular flexibility index (Phi) is 3.87. The summed E-state index contributed by atoms with van der Waals surface area (Å²) in [6, 6.07) is 8.64. The minimum Gasteiger partial charge on any atom is -0.323 e. The van der Waals surface area contributed by atoms with Gasteiger partial charge in [-0.2, -0.15) is 0 Å². The summed E-state index contributed by atoms with van der Waals surface area (Å²) < 4.78 is 0. The van der Waals surface area contributed by atoms with Crippen LogP contribution in [-0.2, 0) is 6.54 Å². The largest absolute Gasteiger partial charge is 0.324 e. The summed E-state index contributed by atoms with van der Waals surface area (Å²) in [5.41, 5.74) is 2.26. The van der Waals surface area contributed by atoms with Crippen LogP contribution in [0.4, 0.5) is 10.5 Å². The summed E-state index contributed by atoms with van der Waals surface area (Å²) in [5.74, 6) is 0. The van der Waals surface area contributed by atoms with E-state index >= 15 is 0 Å². The van der Waals surface area contributed by atoms with Crippen LogP contribution in [0, 0.1) is 0 Å². The number of para-hydroxylation sites is 1. The molecule has 1 aromatic rings. The molecule has 0 unspecified atom stereocenters. The first kappa shape index (κ1) is 12.9. The number of amides is 2. The maximum Gasteiger partial charge on any atom is 0.324 e. The van der Waals surface area contributed by atoms with Gasteiger partial charge in [0, 0.05) is 32.7 Å². The number of anilines is 1. The molecular weight excluding hydrogens is 226 g/mol. The van der Waals surface area contributed by atoms with Gasteiger partial charge in [-0.15, -0.1) is 0 Å². The van der Waals surface area contributed by atoms with E-state index in [1.165, 1.54) is 5.56 Å². The Labute approximate surface area is 109 Å². The van der Waals surface area contributed by atoms with E-state index in [1.807, 2.05) is 30.1 Å². The van der Waals surface area contributed by atoms with Crippen molar-refractivity contribution in [3.05, 3.63) is 29.8 Å². The van der Waals surface area contributed by atoms with E-state index in [0.29, 0.717) is 19.1 Å². The molecule has 0 atom stereocenters. The van der Waals surface area contributed by atoms with Crippen molar-refractivity contribution >= 4 is 11.7 Å². The average Bonchev–Trinajstić information content (AvgIpc) is 2.33. The van der Waals surface area contributed by atoms with Crippen LogP contribution < -0.4 is 10.2 Å². The molecule has 0 spiro atoms. The van der Waals surface area contributed by atoms with Crippen LogP contribution in [0.3, 0.4) is 0 Å². The number of benzene rings is 1.